The second-order valence-corrected chi connectivity index (χ2v) is 7.66. The molecule has 0 saturated heterocycles. The van der Waals surface area contributed by atoms with Gasteiger partial charge in [-0.15, -0.1) is 0 Å². The smallest absolute Gasteiger partial charge is 0.333 e. The molecule has 0 fully saturated rings. The van der Waals surface area contributed by atoms with Gasteiger partial charge in [-0.2, -0.15) is 0 Å². The number of benzene rings is 2. The monoisotopic (exact) mass is 454 g/mol. The molecule has 0 radical (unpaired) electrons. The number of aromatic hydroxyl groups is 1. The first-order valence-electron chi connectivity index (χ1n) is 9.52. The van der Waals surface area contributed by atoms with E-state index in [1.165, 1.54) is 21.2 Å². The van der Waals surface area contributed by atoms with Crippen LogP contribution in [0.3, 0.4) is 0 Å². The lowest BCUT2D eigenvalue weighted by molar-refractivity contribution is -0.113. The lowest BCUT2D eigenvalue weighted by Crippen LogP contribution is -2.39. The van der Waals surface area contributed by atoms with Gasteiger partial charge >= 0.3 is 5.69 Å². The molecular formula is C22H22N4O5S. The number of ether oxygens (including phenoxy) is 1. The van der Waals surface area contributed by atoms with Crippen LogP contribution in [-0.2, 0) is 18.9 Å². The zero-order chi connectivity index (χ0) is 23.3. The number of hydrogen-bond acceptors (Lipinski definition) is 7. The number of nitrogens with zero attached hydrogens (tertiary/aromatic N) is 3. The van der Waals surface area contributed by atoms with Crippen molar-refractivity contribution in [2.75, 3.05) is 18.2 Å². The second kappa shape index (κ2) is 10.0. The van der Waals surface area contributed by atoms with E-state index in [1.807, 2.05) is 6.07 Å². The quantitative estimate of drug-likeness (QED) is 0.436. The van der Waals surface area contributed by atoms with Crippen molar-refractivity contribution in [3.05, 3.63) is 81.0 Å². The molecule has 0 bridgehead atoms. The Morgan fingerprint density at radius 1 is 1.06 bits per heavy atom. The van der Waals surface area contributed by atoms with Gasteiger partial charge in [0.25, 0.3) is 5.56 Å². The van der Waals surface area contributed by atoms with Crippen LogP contribution in [0.25, 0.3) is 0 Å². The van der Waals surface area contributed by atoms with Crippen LogP contribution in [0.2, 0.25) is 0 Å². The zero-order valence-corrected chi connectivity index (χ0v) is 18.5. The Balaban J connectivity index is 1.96. The van der Waals surface area contributed by atoms with Crippen LogP contribution < -0.4 is 21.3 Å². The molecule has 166 valence electrons. The summed E-state index contributed by atoms with van der Waals surface area (Å²) in [5.74, 6) is -0.477. The van der Waals surface area contributed by atoms with Gasteiger partial charge in [0.05, 0.1) is 24.2 Å². The topological polar surface area (TPSA) is 115 Å². The molecule has 0 atom stereocenters. The largest absolute Gasteiger partial charge is 0.495 e. The number of amides is 1. The average molecular weight is 455 g/mol. The number of carbonyl (C=O) groups excluding carboxylic acids is 1. The summed E-state index contributed by atoms with van der Waals surface area (Å²) in [6, 6.07) is 15.8. The first-order valence-corrected chi connectivity index (χ1v) is 10.5. The maximum atomic E-state index is 12.8. The highest BCUT2D eigenvalue weighted by atomic mass is 32.2. The molecule has 0 unspecified atom stereocenters. The van der Waals surface area contributed by atoms with Gasteiger partial charge in [0.2, 0.25) is 11.8 Å². The summed E-state index contributed by atoms with van der Waals surface area (Å²) < 4.78 is 7.07. The number of thioether (sulfide) groups is 1. The van der Waals surface area contributed by atoms with Gasteiger partial charge in [-0.1, -0.05) is 42.1 Å². The minimum Gasteiger partial charge on any atom is -0.495 e. The van der Waals surface area contributed by atoms with Crippen molar-refractivity contribution < 1.29 is 14.6 Å². The molecule has 3 rings (SSSR count). The van der Waals surface area contributed by atoms with Crippen molar-refractivity contribution >= 4 is 34.1 Å². The van der Waals surface area contributed by atoms with Crippen molar-refractivity contribution in [1.82, 2.24) is 9.13 Å². The number of aliphatic imine (C=N–C) groups is 1. The lowest BCUT2D eigenvalue weighted by Gasteiger charge is -2.13. The van der Waals surface area contributed by atoms with Crippen LogP contribution in [0.1, 0.15) is 5.56 Å². The highest BCUT2D eigenvalue weighted by Crippen LogP contribution is 2.25. The third kappa shape index (κ3) is 4.92. The molecule has 1 amide bonds. The fraction of sp³-hybridized carbons (Fsp3) is 0.182. The van der Waals surface area contributed by atoms with Crippen molar-refractivity contribution in [2.24, 2.45) is 19.1 Å². The van der Waals surface area contributed by atoms with Crippen LogP contribution in [0.5, 0.6) is 11.6 Å². The molecule has 0 spiro atoms. The minimum absolute atomic E-state index is 0.102. The van der Waals surface area contributed by atoms with Gasteiger partial charge in [0, 0.05) is 14.1 Å². The molecule has 3 aromatic rings. The van der Waals surface area contributed by atoms with Gasteiger partial charge in [-0.05, 0) is 24.3 Å². The molecular weight excluding hydrogens is 432 g/mol. The Labute approximate surface area is 188 Å². The third-order valence-electron chi connectivity index (χ3n) is 4.56. The van der Waals surface area contributed by atoms with Crippen molar-refractivity contribution in [3.8, 4) is 11.6 Å². The molecule has 0 aliphatic heterocycles. The molecule has 1 heterocycles. The van der Waals surface area contributed by atoms with E-state index in [4.69, 9.17) is 4.74 Å². The lowest BCUT2D eigenvalue weighted by atomic mass is 10.3. The van der Waals surface area contributed by atoms with E-state index >= 15 is 0 Å². The van der Waals surface area contributed by atoms with E-state index in [9.17, 15) is 19.5 Å². The first kappa shape index (κ1) is 22.9. The summed E-state index contributed by atoms with van der Waals surface area (Å²) in [7, 11) is 4.16. The minimum atomic E-state index is -0.710. The zero-order valence-electron chi connectivity index (χ0n) is 17.7. The normalized spacial score (nSPS) is 11.3. The predicted octanol–water partition coefficient (Wildman–Crippen LogP) is 2.25. The summed E-state index contributed by atoms with van der Waals surface area (Å²) in [5.41, 5.74) is -0.515. The Morgan fingerprint density at radius 2 is 1.72 bits per heavy atom. The Morgan fingerprint density at radius 3 is 2.41 bits per heavy atom. The molecule has 0 aliphatic rings. The fourth-order valence-corrected chi connectivity index (χ4v) is 3.70. The second-order valence-electron chi connectivity index (χ2n) is 6.69. The number of methoxy groups -OCH3 is 1. The Bertz CT molecular complexity index is 1280. The van der Waals surface area contributed by atoms with Gasteiger partial charge in [0.1, 0.15) is 16.4 Å². The van der Waals surface area contributed by atoms with Crippen molar-refractivity contribution in [3.63, 3.8) is 0 Å². The summed E-state index contributed by atoms with van der Waals surface area (Å²) in [6.07, 6.45) is 0. The van der Waals surface area contributed by atoms with Gasteiger partial charge in [0.15, 0.2) is 0 Å². The highest BCUT2D eigenvalue weighted by molar-refractivity contribution is 8.15. The number of rotatable bonds is 6. The number of aromatic nitrogens is 2. The summed E-state index contributed by atoms with van der Waals surface area (Å²) >= 11 is 0.970. The first-order chi connectivity index (χ1) is 15.3. The van der Waals surface area contributed by atoms with Crippen LogP contribution in [0.4, 0.5) is 11.4 Å². The van der Waals surface area contributed by atoms with E-state index in [0.29, 0.717) is 17.1 Å². The maximum absolute atomic E-state index is 12.8. The molecule has 0 saturated carbocycles. The van der Waals surface area contributed by atoms with Crippen molar-refractivity contribution in [2.45, 2.75) is 0 Å². The van der Waals surface area contributed by atoms with E-state index < -0.39 is 17.1 Å². The van der Waals surface area contributed by atoms with E-state index in [2.05, 4.69) is 10.3 Å². The standard InChI is InChI=1S/C22H22N4O5S/c1-25-20(28)18(21(29)26(2)22(25)30)19(23-14-9-5-4-6-10-14)32-13-17(27)24-15-11-7-8-12-16(15)31-3/h4-12,28H,13H2,1-3H3,(H,24,27). The average Bonchev–Trinajstić information content (AvgIpc) is 2.81. The molecule has 2 aromatic carbocycles. The molecule has 0 aliphatic carbocycles. The van der Waals surface area contributed by atoms with Gasteiger partial charge < -0.3 is 15.2 Å². The van der Waals surface area contributed by atoms with Crippen LogP contribution >= 0.6 is 11.8 Å². The molecule has 1 aromatic heterocycles. The number of carbonyl (C=O) groups is 1. The summed E-state index contributed by atoms with van der Waals surface area (Å²) in [6.45, 7) is 0. The Hall–Kier alpha value is -3.79. The predicted molar refractivity (Wildman–Crippen MR) is 125 cm³/mol. The van der Waals surface area contributed by atoms with E-state index in [1.54, 1.807) is 48.5 Å². The number of hydrogen-bond donors (Lipinski definition) is 2. The number of nitrogens with one attached hydrogen (secondary N) is 1. The SMILES string of the molecule is COc1ccccc1NC(=O)CSC(=Nc1ccccc1)c1c(O)n(C)c(=O)n(C)c1=O. The van der Waals surface area contributed by atoms with E-state index in [0.717, 1.165) is 20.9 Å². The van der Waals surface area contributed by atoms with Crippen LogP contribution in [0.15, 0.2) is 69.2 Å². The van der Waals surface area contributed by atoms with Crippen LogP contribution in [0, 0.1) is 0 Å². The molecule has 9 nitrogen and oxygen atoms in total. The molecule has 32 heavy (non-hydrogen) atoms. The van der Waals surface area contributed by atoms with Gasteiger partial charge in [-0.3, -0.25) is 18.7 Å². The van der Waals surface area contributed by atoms with Gasteiger partial charge in [-0.25, -0.2) is 9.79 Å². The highest BCUT2D eigenvalue weighted by Gasteiger charge is 2.22. The third-order valence-corrected chi connectivity index (χ3v) is 5.53. The van der Waals surface area contributed by atoms with E-state index in [-0.39, 0.29) is 22.3 Å². The number of para-hydroxylation sites is 3. The fourth-order valence-electron chi connectivity index (χ4n) is 2.87. The van der Waals surface area contributed by atoms with Crippen LogP contribution in [-0.4, -0.2) is 38.1 Å². The Kier molecular flexibility index (Phi) is 7.16. The number of anilines is 1. The van der Waals surface area contributed by atoms with Crippen molar-refractivity contribution in [1.29, 1.82) is 0 Å². The summed E-state index contributed by atoms with van der Waals surface area (Å²) in [4.78, 5) is 42.0. The molecule has 2 N–H and O–H groups in total. The maximum Gasteiger partial charge on any atom is 0.333 e. The molecule has 10 heteroatoms. The summed E-state index contributed by atoms with van der Waals surface area (Å²) in [5, 5.41) is 13.4.